The van der Waals surface area contributed by atoms with Crippen LogP contribution >= 0.6 is 0 Å². The van der Waals surface area contributed by atoms with Crippen molar-refractivity contribution in [3.05, 3.63) is 53.2 Å². The first kappa shape index (κ1) is 21.7. The summed E-state index contributed by atoms with van der Waals surface area (Å²) >= 11 is 0. The fourth-order valence-corrected chi connectivity index (χ4v) is 5.54. The van der Waals surface area contributed by atoms with E-state index >= 15 is 0 Å². The molecule has 7 heteroatoms. The summed E-state index contributed by atoms with van der Waals surface area (Å²) in [6.07, 6.45) is 10.7. The molecule has 2 N–H and O–H groups in total. The number of aliphatic carboxylic acids is 1. The van der Waals surface area contributed by atoms with E-state index in [1.165, 1.54) is 36.8 Å². The van der Waals surface area contributed by atoms with Crippen LogP contribution in [0.4, 0.5) is 4.39 Å². The van der Waals surface area contributed by atoms with E-state index in [1.54, 1.807) is 0 Å². The molecule has 1 aromatic rings. The fraction of sp³-hybridized carbons (Fsp3) is 0.500. The van der Waals surface area contributed by atoms with E-state index < -0.39 is 16.0 Å². The molecule has 158 valence electrons. The number of allylic oxidation sites excluding steroid dienone is 2. The number of sulfonamides is 1. The van der Waals surface area contributed by atoms with Gasteiger partial charge in [0.25, 0.3) is 0 Å². The Bertz CT molecular complexity index is 863. The molecule has 0 heterocycles. The van der Waals surface area contributed by atoms with Gasteiger partial charge in [-0.15, -0.1) is 0 Å². The maximum absolute atomic E-state index is 12.9. The second-order valence-corrected chi connectivity index (χ2v) is 9.69. The topological polar surface area (TPSA) is 83.5 Å². The Morgan fingerprint density at radius 2 is 1.93 bits per heavy atom. The number of hydrogen-bond acceptors (Lipinski definition) is 3. The molecular formula is C22H28FNO4S. The van der Waals surface area contributed by atoms with Gasteiger partial charge in [-0.3, -0.25) is 4.79 Å². The number of halogens is 1. The first-order valence-corrected chi connectivity index (χ1v) is 11.7. The number of carboxylic acids is 1. The maximum atomic E-state index is 12.9. The van der Waals surface area contributed by atoms with E-state index in [-0.39, 0.29) is 18.2 Å². The van der Waals surface area contributed by atoms with Crippen LogP contribution in [0.25, 0.3) is 6.08 Å². The Morgan fingerprint density at radius 1 is 1.21 bits per heavy atom. The molecule has 3 rings (SSSR count). The van der Waals surface area contributed by atoms with E-state index in [1.807, 2.05) is 0 Å². The van der Waals surface area contributed by atoms with Gasteiger partial charge < -0.3 is 5.11 Å². The molecule has 0 saturated heterocycles. The van der Waals surface area contributed by atoms with Gasteiger partial charge in [0, 0.05) is 18.4 Å². The number of unbranched alkanes of at least 4 members (excludes halogenated alkanes) is 1. The predicted octanol–water partition coefficient (Wildman–Crippen LogP) is 4.19. The number of nitrogens with one attached hydrogen (secondary N) is 1. The van der Waals surface area contributed by atoms with Crippen molar-refractivity contribution in [1.82, 2.24) is 4.72 Å². The molecule has 0 aromatic heterocycles. The average molecular weight is 422 g/mol. The second kappa shape index (κ2) is 9.67. The van der Waals surface area contributed by atoms with E-state index in [0.717, 1.165) is 24.7 Å². The number of carboxylic acid groups (broad SMARTS) is 1. The molecular weight excluding hydrogens is 393 g/mol. The second-order valence-electron chi connectivity index (χ2n) is 8.04. The molecule has 2 aliphatic rings. The third kappa shape index (κ3) is 6.24. The molecule has 0 radical (unpaired) electrons. The summed E-state index contributed by atoms with van der Waals surface area (Å²) in [4.78, 5) is 10.6. The van der Waals surface area contributed by atoms with Crippen LogP contribution in [0.3, 0.4) is 0 Å². The van der Waals surface area contributed by atoms with Gasteiger partial charge in [-0.1, -0.05) is 24.3 Å². The SMILES string of the molecule is O=C(O)CCC/C=C/C1C2CCC(C2)C1CNS(=O)(=O)/C=C/c1ccc(F)cc1. The molecule has 1 aromatic carbocycles. The summed E-state index contributed by atoms with van der Waals surface area (Å²) in [5, 5.41) is 9.84. The predicted molar refractivity (Wildman–Crippen MR) is 111 cm³/mol. The van der Waals surface area contributed by atoms with Crippen LogP contribution in [0.5, 0.6) is 0 Å². The van der Waals surface area contributed by atoms with Crippen molar-refractivity contribution in [2.75, 3.05) is 6.54 Å². The van der Waals surface area contributed by atoms with Crippen LogP contribution in [0.2, 0.25) is 0 Å². The zero-order chi connectivity index (χ0) is 20.9. The zero-order valence-electron chi connectivity index (χ0n) is 16.3. The quantitative estimate of drug-likeness (QED) is 0.438. The van der Waals surface area contributed by atoms with Gasteiger partial charge in [0.1, 0.15) is 5.82 Å². The smallest absolute Gasteiger partial charge is 0.303 e. The summed E-state index contributed by atoms with van der Waals surface area (Å²) in [6, 6.07) is 5.65. The lowest BCUT2D eigenvalue weighted by atomic mass is 9.79. The van der Waals surface area contributed by atoms with E-state index in [4.69, 9.17) is 5.11 Å². The highest BCUT2D eigenvalue weighted by Gasteiger charge is 2.46. The van der Waals surface area contributed by atoms with Gasteiger partial charge in [-0.25, -0.2) is 17.5 Å². The average Bonchev–Trinajstić information content (AvgIpc) is 3.27. The minimum Gasteiger partial charge on any atom is -0.481 e. The maximum Gasteiger partial charge on any atom is 0.303 e. The summed E-state index contributed by atoms with van der Waals surface area (Å²) in [5.74, 6) is 0.624. The lowest BCUT2D eigenvalue weighted by molar-refractivity contribution is -0.137. The lowest BCUT2D eigenvalue weighted by Crippen LogP contribution is -2.34. The molecule has 2 bridgehead atoms. The highest BCUT2D eigenvalue weighted by atomic mass is 32.2. The Balaban J connectivity index is 1.55. The van der Waals surface area contributed by atoms with Gasteiger partial charge >= 0.3 is 5.97 Å². The number of hydrogen-bond donors (Lipinski definition) is 2. The van der Waals surface area contributed by atoms with Crippen LogP contribution in [0, 0.1) is 29.5 Å². The van der Waals surface area contributed by atoms with Crippen molar-refractivity contribution >= 4 is 22.1 Å². The largest absolute Gasteiger partial charge is 0.481 e. The van der Waals surface area contributed by atoms with Crippen molar-refractivity contribution in [2.24, 2.45) is 23.7 Å². The van der Waals surface area contributed by atoms with Crippen LogP contribution in [0.1, 0.15) is 44.1 Å². The van der Waals surface area contributed by atoms with Gasteiger partial charge in [-0.2, -0.15) is 0 Å². The van der Waals surface area contributed by atoms with E-state index in [2.05, 4.69) is 16.9 Å². The number of fused-ring (bicyclic) bond motifs is 2. The highest BCUT2D eigenvalue weighted by Crippen LogP contribution is 2.52. The standard InChI is InChI=1S/C22H28FNO4S/c23-19-10-6-16(7-11-19)12-13-29(27,28)24-15-21-18-9-8-17(14-18)20(21)4-2-1-3-5-22(25)26/h2,4,6-7,10-13,17-18,20-21,24H,1,3,5,8-9,14-15H2,(H,25,26)/b4-2+,13-12+. The number of benzene rings is 1. The van der Waals surface area contributed by atoms with Crippen LogP contribution in [-0.4, -0.2) is 26.0 Å². The minimum atomic E-state index is -3.57. The summed E-state index contributed by atoms with van der Waals surface area (Å²) in [6.45, 7) is 0.404. The summed E-state index contributed by atoms with van der Waals surface area (Å²) < 4.78 is 40.4. The molecule has 2 aliphatic carbocycles. The molecule has 29 heavy (non-hydrogen) atoms. The van der Waals surface area contributed by atoms with Crippen LogP contribution < -0.4 is 4.72 Å². The van der Waals surface area contributed by atoms with Gasteiger partial charge in [0.2, 0.25) is 10.0 Å². The Labute approximate surface area is 171 Å². The van der Waals surface area contributed by atoms with Crippen LogP contribution in [-0.2, 0) is 14.8 Å². The van der Waals surface area contributed by atoms with E-state index in [9.17, 15) is 17.6 Å². The monoisotopic (exact) mass is 421 g/mol. The van der Waals surface area contributed by atoms with Crippen molar-refractivity contribution in [1.29, 1.82) is 0 Å². The fourth-order valence-electron chi connectivity index (χ4n) is 4.68. The van der Waals surface area contributed by atoms with Gasteiger partial charge in [-0.05, 0) is 79.5 Å². The molecule has 0 spiro atoms. The van der Waals surface area contributed by atoms with E-state index in [0.29, 0.717) is 36.3 Å². The summed E-state index contributed by atoms with van der Waals surface area (Å²) in [5.41, 5.74) is 0.624. The van der Waals surface area contributed by atoms with Crippen molar-refractivity contribution in [3.8, 4) is 0 Å². The van der Waals surface area contributed by atoms with Crippen molar-refractivity contribution in [3.63, 3.8) is 0 Å². The third-order valence-electron chi connectivity index (χ3n) is 6.11. The molecule has 4 unspecified atom stereocenters. The Kier molecular flexibility index (Phi) is 7.24. The minimum absolute atomic E-state index is 0.171. The number of carbonyl (C=O) groups is 1. The molecule has 4 atom stereocenters. The molecule has 0 amide bonds. The first-order chi connectivity index (χ1) is 13.8. The first-order valence-electron chi connectivity index (χ1n) is 10.2. The summed E-state index contributed by atoms with van der Waals surface area (Å²) in [7, 11) is -3.57. The Morgan fingerprint density at radius 3 is 2.66 bits per heavy atom. The van der Waals surface area contributed by atoms with Gasteiger partial charge in [0.05, 0.1) is 0 Å². The molecule has 0 aliphatic heterocycles. The van der Waals surface area contributed by atoms with Crippen molar-refractivity contribution < 1.29 is 22.7 Å². The normalized spacial score (nSPS) is 26.7. The highest BCUT2D eigenvalue weighted by molar-refractivity contribution is 7.92. The molecule has 5 nitrogen and oxygen atoms in total. The molecule has 2 saturated carbocycles. The van der Waals surface area contributed by atoms with Gasteiger partial charge in [0.15, 0.2) is 0 Å². The van der Waals surface area contributed by atoms with Crippen LogP contribution in [0.15, 0.2) is 41.8 Å². The molecule has 2 fully saturated rings. The zero-order valence-corrected chi connectivity index (χ0v) is 17.2. The third-order valence-corrected chi connectivity index (χ3v) is 7.17. The van der Waals surface area contributed by atoms with Crippen molar-refractivity contribution in [2.45, 2.75) is 38.5 Å². The lowest BCUT2D eigenvalue weighted by Gasteiger charge is -2.29. The Hall–Kier alpha value is -1.99. The number of rotatable bonds is 10.